The third-order valence-corrected chi connectivity index (χ3v) is 3.91. The average molecular weight is 330 g/mol. The molecule has 1 heterocycles. The van der Waals surface area contributed by atoms with Crippen LogP contribution < -0.4 is 11.1 Å². The van der Waals surface area contributed by atoms with E-state index in [0.29, 0.717) is 28.2 Å². The summed E-state index contributed by atoms with van der Waals surface area (Å²) in [6, 6.07) is 7.11. The van der Waals surface area contributed by atoms with Gasteiger partial charge in [0.1, 0.15) is 0 Å². The number of anilines is 1. The molecule has 1 aromatic rings. The predicted octanol–water partition coefficient (Wildman–Crippen LogP) is 2.24. The maximum Gasteiger partial charge on any atom is 0.336 e. The van der Waals surface area contributed by atoms with E-state index in [4.69, 9.17) is 15.2 Å². The predicted molar refractivity (Wildman–Crippen MR) is 90.8 cm³/mol. The first-order valence-electron chi connectivity index (χ1n) is 7.70. The van der Waals surface area contributed by atoms with E-state index >= 15 is 0 Å². The van der Waals surface area contributed by atoms with Crippen LogP contribution in [0.15, 0.2) is 46.8 Å². The van der Waals surface area contributed by atoms with Crippen LogP contribution in [-0.2, 0) is 19.1 Å². The van der Waals surface area contributed by atoms with Gasteiger partial charge in [-0.2, -0.15) is 0 Å². The Morgan fingerprint density at radius 1 is 1.17 bits per heavy atom. The van der Waals surface area contributed by atoms with Crippen LogP contribution in [0.1, 0.15) is 32.3 Å². The molecule has 0 bridgehead atoms. The number of hydrogen-bond acceptors (Lipinski definition) is 6. The molecule has 0 aliphatic carbocycles. The van der Waals surface area contributed by atoms with Crippen molar-refractivity contribution in [2.75, 3.05) is 19.5 Å². The molecule has 1 atom stereocenters. The molecule has 3 N–H and O–H groups in total. The number of nitrogen functional groups attached to an aromatic ring is 1. The second-order valence-electron chi connectivity index (χ2n) is 5.52. The van der Waals surface area contributed by atoms with Gasteiger partial charge in [0.15, 0.2) is 0 Å². The summed E-state index contributed by atoms with van der Waals surface area (Å²) in [6.07, 6.45) is 0. The fourth-order valence-corrected chi connectivity index (χ4v) is 2.93. The molecule has 2 rings (SSSR count). The molecule has 6 heteroatoms. The van der Waals surface area contributed by atoms with E-state index in [1.54, 1.807) is 39.0 Å². The molecule has 0 aromatic heterocycles. The minimum atomic E-state index is -0.596. The Bertz CT molecular complexity index is 734. The molecular weight excluding hydrogens is 308 g/mol. The molecule has 0 radical (unpaired) electrons. The van der Waals surface area contributed by atoms with Crippen LogP contribution in [0.3, 0.4) is 0 Å². The van der Waals surface area contributed by atoms with Crippen LogP contribution in [0.2, 0.25) is 0 Å². The number of rotatable bonds is 4. The van der Waals surface area contributed by atoms with Crippen molar-refractivity contribution in [1.82, 2.24) is 5.32 Å². The molecular formula is C18H22N2O4. The van der Waals surface area contributed by atoms with Crippen LogP contribution >= 0.6 is 0 Å². The summed E-state index contributed by atoms with van der Waals surface area (Å²) in [5.41, 5.74) is 9.21. The highest BCUT2D eigenvalue weighted by atomic mass is 16.5. The van der Waals surface area contributed by atoms with E-state index in [1.807, 2.05) is 6.07 Å². The van der Waals surface area contributed by atoms with Gasteiger partial charge in [0, 0.05) is 17.1 Å². The fraction of sp³-hybridized carbons (Fsp3) is 0.333. The zero-order valence-electron chi connectivity index (χ0n) is 14.3. The lowest BCUT2D eigenvalue weighted by Crippen LogP contribution is -2.32. The van der Waals surface area contributed by atoms with E-state index in [2.05, 4.69) is 5.32 Å². The number of dihydropyridines is 1. The normalized spacial score (nSPS) is 17.4. The Labute approximate surface area is 141 Å². The number of methoxy groups -OCH3 is 1. The van der Waals surface area contributed by atoms with Crippen molar-refractivity contribution >= 4 is 17.6 Å². The van der Waals surface area contributed by atoms with Gasteiger partial charge in [0.2, 0.25) is 0 Å². The Balaban J connectivity index is 2.66. The Morgan fingerprint density at radius 2 is 1.79 bits per heavy atom. The largest absolute Gasteiger partial charge is 0.466 e. The summed E-state index contributed by atoms with van der Waals surface area (Å²) in [5.74, 6) is -1.56. The maximum absolute atomic E-state index is 12.5. The minimum absolute atomic E-state index is 0.246. The molecule has 0 unspecified atom stereocenters. The summed E-state index contributed by atoms with van der Waals surface area (Å²) in [4.78, 5) is 24.9. The van der Waals surface area contributed by atoms with Gasteiger partial charge in [-0.25, -0.2) is 9.59 Å². The van der Waals surface area contributed by atoms with Crippen LogP contribution in [0, 0.1) is 0 Å². The van der Waals surface area contributed by atoms with Gasteiger partial charge in [-0.15, -0.1) is 0 Å². The van der Waals surface area contributed by atoms with Gasteiger partial charge in [-0.3, -0.25) is 0 Å². The molecule has 6 nitrogen and oxygen atoms in total. The summed E-state index contributed by atoms with van der Waals surface area (Å²) >= 11 is 0. The third kappa shape index (κ3) is 3.27. The van der Waals surface area contributed by atoms with Gasteiger partial charge in [0.25, 0.3) is 0 Å². The molecule has 0 fully saturated rings. The number of allylic oxidation sites excluding steroid dienone is 2. The van der Waals surface area contributed by atoms with E-state index in [9.17, 15) is 9.59 Å². The highest BCUT2D eigenvalue weighted by molar-refractivity contribution is 5.99. The molecule has 0 spiro atoms. The fourth-order valence-electron chi connectivity index (χ4n) is 2.93. The number of benzene rings is 1. The number of carbonyl (C=O) groups is 2. The van der Waals surface area contributed by atoms with Gasteiger partial charge >= 0.3 is 11.9 Å². The molecule has 0 saturated carbocycles. The molecule has 0 amide bonds. The van der Waals surface area contributed by atoms with E-state index < -0.39 is 17.9 Å². The Hall–Kier alpha value is -2.76. The first kappa shape index (κ1) is 17.6. The van der Waals surface area contributed by atoms with Gasteiger partial charge in [0.05, 0.1) is 30.8 Å². The number of nitrogens with one attached hydrogen (secondary N) is 1. The lowest BCUT2D eigenvalue weighted by molar-refractivity contribution is -0.139. The van der Waals surface area contributed by atoms with Gasteiger partial charge in [-0.05, 0) is 38.5 Å². The van der Waals surface area contributed by atoms with E-state index in [1.165, 1.54) is 7.11 Å². The second kappa shape index (κ2) is 7.21. The van der Waals surface area contributed by atoms with Crippen LogP contribution in [0.25, 0.3) is 0 Å². The molecule has 1 aliphatic rings. The van der Waals surface area contributed by atoms with E-state index in [0.717, 1.165) is 5.56 Å². The molecule has 0 saturated heterocycles. The van der Waals surface area contributed by atoms with Crippen LogP contribution in [0.4, 0.5) is 5.69 Å². The third-order valence-electron chi connectivity index (χ3n) is 3.91. The number of nitrogens with two attached hydrogens (primary N) is 1. The van der Waals surface area contributed by atoms with Crippen molar-refractivity contribution in [1.29, 1.82) is 0 Å². The van der Waals surface area contributed by atoms with Crippen molar-refractivity contribution in [2.24, 2.45) is 0 Å². The molecule has 24 heavy (non-hydrogen) atoms. The topological polar surface area (TPSA) is 90.6 Å². The van der Waals surface area contributed by atoms with Gasteiger partial charge in [-0.1, -0.05) is 12.1 Å². The highest BCUT2D eigenvalue weighted by Gasteiger charge is 2.37. The number of hydrogen-bond donors (Lipinski definition) is 2. The average Bonchev–Trinajstić information content (AvgIpc) is 2.53. The smallest absolute Gasteiger partial charge is 0.336 e. The minimum Gasteiger partial charge on any atom is -0.466 e. The highest BCUT2D eigenvalue weighted by Crippen LogP contribution is 2.39. The first-order chi connectivity index (χ1) is 11.4. The van der Waals surface area contributed by atoms with Gasteiger partial charge < -0.3 is 20.5 Å². The summed E-state index contributed by atoms with van der Waals surface area (Å²) < 4.78 is 10.1. The quantitative estimate of drug-likeness (QED) is 0.650. The summed E-state index contributed by atoms with van der Waals surface area (Å²) in [7, 11) is 1.31. The summed E-state index contributed by atoms with van der Waals surface area (Å²) in [6.45, 7) is 5.54. The Kier molecular flexibility index (Phi) is 5.28. The lowest BCUT2D eigenvalue weighted by Gasteiger charge is -2.30. The zero-order chi connectivity index (χ0) is 17.9. The number of ether oxygens (including phenoxy) is 2. The first-order valence-corrected chi connectivity index (χ1v) is 7.70. The maximum atomic E-state index is 12.5. The SMILES string of the molecule is CCOC(=O)C1=C(C)NC(C)=C(C(=O)OC)[C@@H]1c1cccc(N)c1. The van der Waals surface area contributed by atoms with Crippen LogP contribution in [0.5, 0.6) is 0 Å². The number of carbonyl (C=O) groups excluding carboxylic acids is 2. The summed E-state index contributed by atoms with van der Waals surface area (Å²) in [5, 5.41) is 3.07. The molecule has 1 aromatic carbocycles. The Morgan fingerprint density at radius 3 is 2.33 bits per heavy atom. The lowest BCUT2D eigenvalue weighted by atomic mass is 9.80. The monoisotopic (exact) mass is 330 g/mol. The van der Waals surface area contributed by atoms with Crippen molar-refractivity contribution in [3.05, 3.63) is 52.4 Å². The van der Waals surface area contributed by atoms with Crippen LogP contribution in [-0.4, -0.2) is 25.7 Å². The van der Waals surface area contributed by atoms with Crippen molar-refractivity contribution in [3.8, 4) is 0 Å². The van der Waals surface area contributed by atoms with Crippen molar-refractivity contribution < 1.29 is 19.1 Å². The zero-order valence-corrected chi connectivity index (χ0v) is 14.3. The standard InChI is InChI=1S/C18H22N2O4/c1-5-24-18(22)15-11(3)20-10(2)14(17(21)23-4)16(15)12-7-6-8-13(19)9-12/h6-9,16,20H,5,19H2,1-4H3/t16-/m0/s1. The molecule has 128 valence electrons. The number of esters is 2. The van der Waals surface area contributed by atoms with Crippen molar-refractivity contribution in [3.63, 3.8) is 0 Å². The second-order valence-corrected chi connectivity index (χ2v) is 5.52. The molecule has 1 aliphatic heterocycles. The van der Waals surface area contributed by atoms with Crippen molar-refractivity contribution in [2.45, 2.75) is 26.7 Å². The van der Waals surface area contributed by atoms with E-state index in [-0.39, 0.29) is 6.61 Å².